The van der Waals surface area contributed by atoms with Crippen molar-refractivity contribution in [2.45, 2.75) is 200 Å². The van der Waals surface area contributed by atoms with Crippen molar-refractivity contribution < 1.29 is 38.7 Å². The second-order valence-electron chi connectivity index (χ2n) is 18.0. The van der Waals surface area contributed by atoms with Gasteiger partial charge in [0.05, 0.1) is 42.2 Å². The quantitative estimate of drug-likeness (QED) is 0.209. The average Bonchev–Trinajstić information content (AvgIpc) is 3.43. The monoisotopic (exact) mass is 705 g/mol. The van der Waals surface area contributed by atoms with Gasteiger partial charge >= 0.3 is 0 Å². The highest BCUT2D eigenvalue weighted by atomic mass is 16.8. The summed E-state index contributed by atoms with van der Waals surface area (Å²) < 4.78 is 33.9. The number of aliphatic hydroxyl groups is 2. The summed E-state index contributed by atoms with van der Waals surface area (Å²) >= 11 is 0. The van der Waals surface area contributed by atoms with Crippen molar-refractivity contribution in [1.29, 1.82) is 0 Å². The highest BCUT2D eigenvalue weighted by Crippen LogP contribution is 2.53. The Hall–Kier alpha value is -0.870. The Balaban J connectivity index is 1.31. The Morgan fingerprint density at radius 3 is 2.26 bits per heavy atom. The molecule has 288 valence electrons. The minimum atomic E-state index is -1.25. The molecule has 0 saturated carbocycles. The van der Waals surface area contributed by atoms with Crippen molar-refractivity contribution >= 4 is 5.78 Å². The summed E-state index contributed by atoms with van der Waals surface area (Å²) in [5.74, 6) is -2.11. The number of aliphatic hydroxyl groups excluding tert-OH is 2. The Morgan fingerprint density at radius 2 is 1.62 bits per heavy atom. The van der Waals surface area contributed by atoms with Crippen molar-refractivity contribution in [3.63, 3.8) is 0 Å². The smallest absolute Gasteiger partial charge is 0.202 e. The molecule has 50 heavy (non-hydrogen) atoms. The molecule has 0 amide bonds. The van der Waals surface area contributed by atoms with Gasteiger partial charge in [0, 0.05) is 30.1 Å². The highest BCUT2D eigenvalue weighted by molar-refractivity contribution is 5.84. The number of Topliss-reactive ketones (excluding diaryl/α,β-unsaturated/α-hetero) is 1. The fraction of sp³-hybridized carbons (Fsp3) is 0.929. The van der Waals surface area contributed by atoms with Crippen LogP contribution >= 0.6 is 0 Å². The van der Waals surface area contributed by atoms with Crippen LogP contribution in [0.2, 0.25) is 0 Å². The molecule has 2 spiro atoms. The van der Waals surface area contributed by atoms with Gasteiger partial charge in [0.1, 0.15) is 11.9 Å². The van der Waals surface area contributed by atoms with Crippen molar-refractivity contribution in [3.8, 4) is 0 Å². The molecule has 0 aromatic rings. The number of hydrogen-bond acceptors (Lipinski definition) is 8. The zero-order valence-electron chi connectivity index (χ0n) is 33.2. The second-order valence-corrected chi connectivity index (χ2v) is 18.0. The maximum atomic E-state index is 14.5. The maximum absolute atomic E-state index is 14.5. The highest BCUT2D eigenvalue weighted by Gasteiger charge is 2.62. The predicted octanol–water partition coefficient (Wildman–Crippen LogP) is 8.01. The van der Waals surface area contributed by atoms with E-state index in [2.05, 4.69) is 62.3 Å². The molecule has 5 rings (SSSR count). The summed E-state index contributed by atoms with van der Waals surface area (Å²) in [5, 5.41) is 23.2. The molecular weight excluding hydrogens is 632 g/mol. The molecule has 0 aliphatic carbocycles. The van der Waals surface area contributed by atoms with Crippen LogP contribution in [0.3, 0.4) is 0 Å². The van der Waals surface area contributed by atoms with E-state index in [1.165, 1.54) is 0 Å². The number of ether oxygens (including phenoxy) is 5. The largest absolute Gasteiger partial charge is 0.392 e. The molecule has 0 aromatic carbocycles. The van der Waals surface area contributed by atoms with Gasteiger partial charge in [0.15, 0.2) is 5.79 Å². The fourth-order valence-corrected chi connectivity index (χ4v) is 10.6. The van der Waals surface area contributed by atoms with Gasteiger partial charge in [-0.25, -0.2) is 0 Å². The van der Waals surface area contributed by atoms with Crippen LogP contribution in [0.25, 0.3) is 0 Å². The van der Waals surface area contributed by atoms with E-state index >= 15 is 0 Å². The van der Waals surface area contributed by atoms with Gasteiger partial charge in [-0.3, -0.25) is 4.79 Å². The SMILES string of the molecule is CC[C@H](C(C)C)[C@H]1CC[C@H](C)[C@H]([C@@H](C)[C@H](O)[C@H](C)C(=O)[C@H](CC)[C@H]2O[C@]3(C=C[C@@H](O)[C@]4(CC[C@@](C)([C@H]5CCC[C@H](C)O5)O4)O3)[C@H](C)C[C@@H]2C)O1. The number of ketones is 1. The van der Waals surface area contributed by atoms with Gasteiger partial charge in [-0.2, -0.15) is 0 Å². The number of carbonyl (C=O) groups is 1. The van der Waals surface area contributed by atoms with Crippen molar-refractivity contribution in [3.05, 3.63) is 12.2 Å². The van der Waals surface area contributed by atoms with E-state index in [9.17, 15) is 15.0 Å². The van der Waals surface area contributed by atoms with E-state index in [-0.39, 0.29) is 48.0 Å². The normalized spacial score (nSPS) is 45.4. The predicted molar refractivity (Wildman–Crippen MR) is 195 cm³/mol. The minimum Gasteiger partial charge on any atom is -0.392 e. The van der Waals surface area contributed by atoms with Crippen molar-refractivity contribution in [2.24, 2.45) is 47.3 Å². The molecule has 4 saturated heterocycles. The molecule has 2 N–H and O–H groups in total. The summed E-state index contributed by atoms with van der Waals surface area (Å²) in [6.45, 7) is 23.5. The minimum absolute atomic E-state index is 0.0258. The topological polar surface area (TPSA) is 104 Å². The number of hydrogen-bond donors (Lipinski definition) is 2. The lowest BCUT2D eigenvalue weighted by molar-refractivity contribution is -0.408. The third-order valence-corrected chi connectivity index (χ3v) is 13.9. The molecule has 4 fully saturated rings. The third-order valence-electron chi connectivity index (χ3n) is 13.9. The van der Waals surface area contributed by atoms with Crippen LogP contribution in [-0.4, -0.2) is 75.9 Å². The maximum Gasteiger partial charge on any atom is 0.202 e. The van der Waals surface area contributed by atoms with Crippen LogP contribution in [0.5, 0.6) is 0 Å². The van der Waals surface area contributed by atoms with E-state index < -0.39 is 47.3 Å². The standard InChI is InChI=1S/C42H72O8/c1-12-31(24(3)4)33-18-17-25(5)38(47-33)30(10)36(44)29(9)37(45)32(13-2)39-26(6)23-27(7)41(48-39)20-19-34(43)42(50-41)22-21-40(11,49-42)35-16-14-15-28(8)46-35/h19-20,24-36,38-39,43-44H,12-18,21-23H2,1-11H3/t25-,26-,27+,28-,29-,30-,31+,32-,33+,34+,35+,36+,38+,39-,40-,41-,42-/m0/s1. The first-order chi connectivity index (χ1) is 23.5. The Labute approximate surface area is 303 Å². The molecule has 8 nitrogen and oxygen atoms in total. The zero-order valence-corrected chi connectivity index (χ0v) is 33.2. The van der Waals surface area contributed by atoms with Crippen LogP contribution in [0, 0.1) is 47.3 Å². The van der Waals surface area contributed by atoms with Gasteiger partial charge in [0.2, 0.25) is 5.79 Å². The van der Waals surface area contributed by atoms with Gasteiger partial charge in [0.25, 0.3) is 0 Å². The molecule has 8 heteroatoms. The number of carbonyl (C=O) groups excluding carboxylic acids is 1. The lowest BCUT2D eigenvalue weighted by Crippen LogP contribution is -2.62. The van der Waals surface area contributed by atoms with E-state index in [1.54, 1.807) is 6.08 Å². The lowest BCUT2D eigenvalue weighted by Gasteiger charge is -2.54. The molecule has 17 atom stereocenters. The molecule has 5 aliphatic heterocycles. The molecule has 0 radical (unpaired) electrons. The first-order valence-corrected chi connectivity index (χ1v) is 20.5. The van der Waals surface area contributed by atoms with Gasteiger partial charge in [-0.1, -0.05) is 68.7 Å². The summed E-state index contributed by atoms with van der Waals surface area (Å²) in [6.07, 6.45) is 10.6. The molecule has 5 heterocycles. The van der Waals surface area contributed by atoms with Gasteiger partial charge in [-0.15, -0.1) is 0 Å². The van der Waals surface area contributed by atoms with E-state index in [0.717, 1.165) is 44.9 Å². The zero-order chi connectivity index (χ0) is 36.8. The first kappa shape index (κ1) is 40.3. The van der Waals surface area contributed by atoms with Crippen LogP contribution < -0.4 is 0 Å². The summed E-state index contributed by atoms with van der Waals surface area (Å²) in [6, 6.07) is 0. The van der Waals surface area contributed by atoms with Gasteiger partial charge < -0.3 is 33.9 Å². The molecule has 0 unspecified atom stereocenters. The Bertz CT molecular complexity index is 1170. The molecule has 0 aromatic heterocycles. The third kappa shape index (κ3) is 7.70. The van der Waals surface area contributed by atoms with Gasteiger partial charge in [-0.05, 0) is 101 Å². The van der Waals surface area contributed by atoms with Crippen molar-refractivity contribution in [2.75, 3.05) is 0 Å². The Morgan fingerprint density at radius 1 is 0.900 bits per heavy atom. The number of rotatable bonds is 11. The van der Waals surface area contributed by atoms with Crippen LogP contribution in [0.1, 0.15) is 140 Å². The van der Waals surface area contributed by atoms with Crippen LogP contribution in [0.15, 0.2) is 12.2 Å². The van der Waals surface area contributed by atoms with E-state index in [4.69, 9.17) is 23.7 Å². The van der Waals surface area contributed by atoms with Crippen molar-refractivity contribution in [1.82, 2.24) is 0 Å². The van der Waals surface area contributed by atoms with E-state index in [1.807, 2.05) is 19.9 Å². The first-order valence-electron chi connectivity index (χ1n) is 20.5. The van der Waals surface area contributed by atoms with E-state index in [0.29, 0.717) is 37.0 Å². The second kappa shape index (κ2) is 15.8. The lowest BCUT2D eigenvalue weighted by atomic mass is 9.72. The molecule has 0 bridgehead atoms. The fourth-order valence-electron chi connectivity index (χ4n) is 10.6. The van der Waals surface area contributed by atoms with Crippen LogP contribution in [0.4, 0.5) is 0 Å². The Kier molecular flexibility index (Phi) is 12.8. The average molecular weight is 705 g/mol. The summed E-state index contributed by atoms with van der Waals surface area (Å²) in [4.78, 5) is 14.5. The summed E-state index contributed by atoms with van der Waals surface area (Å²) in [5.41, 5.74) is -0.581. The summed E-state index contributed by atoms with van der Waals surface area (Å²) in [7, 11) is 0. The molecule has 5 aliphatic rings. The van der Waals surface area contributed by atoms with Crippen LogP contribution in [-0.2, 0) is 28.5 Å². The molecular formula is C42H72O8.